The molecule has 8 nitrogen and oxygen atoms in total. The van der Waals surface area contributed by atoms with E-state index in [9.17, 15) is 19.5 Å². The molecule has 0 radical (unpaired) electrons. The van der Waals surface area contributed by atoms with E-state index in [1.807, 2.05) is 0 Å². The molecule has 1 saturated heterocycles. The van der Waals surface area contributed by atoms with Gasteiger partial charge in [-0.25, -0.2) is 4.79 Å². The molecule has 122 valence electrons. The Bertz CT molecular complexity index is 739. The molecule has 2 aliphatic rings. The van der Waals surface area contributed by atoms with E-state index >= 15 is 0 Å². The number of rotatable bonds is 3. The summed E-state index contributed by atoms with van der Waals surface area (Å²) in [6.07, 6.45) is -0.883. The second kappa shape index (κ2) is 4.61. The van der Waals surface area contributed by atoms with Crippen LogP contribution in [0.3, 0.4) is 0 Å². The van der Waals surface area contributed by atoms with Gasteiger partial charge in [0.25, 0.3) is 0 Å². The smallest absolute Gasteiger partial charge is 0.343 e. The number of aliphatic carboxylic acids is 1. The number of hydrogen-bond acceptors (Lipinski definition) is 7. The zero-order chi connectivity index (χ0) is 17.0. The van der Waals surface area contributed by atoms with Crippen molar-refractivity contribution in [3.63, 3.8) is 0 Å². The second-order valence-corrected chi connectivity index (χ2v) is 5.74. The van der Waals surface area contributed by atoms with Gasteiger partial charge in [0.1, 0.15) is 17.1 Å². The highest BCUT2D eigenvalue weighted by molar-refractivity contribution is 5.99. The van der Waals surface area contributed by atoms with Crippen LogP contribution in [0.1, 0.15) is 35.7 Å². The molecule has 8 heteroatoms. The van der Waals surface area contributed by atoms with Crippen molar-refractivity contribution in [2.24, 2.45) is 0 Å². The topological polar surface area (TPSA) is 119 Å². The minimum absolute atomic E-state index is 0.110. The molecule has 1 unspecified atom stereocenters. The number of carboxylic acids is 1. The first-order chi connectivity index (χ1) is 10.7. The maximum atomic E-state index is 12.2. The molecule has 1 fully saturated rings. The third kappa shape index (κ3) is 1.94. The highest BCUT2D eigenvalue weighted by atomic mass is 16.6. The minimum atomic E-state index is -1.61. The van der Waals surface area contributed by atoms with Crippen LogP contribution in [0.2, 0.25) is 0 Å². The molecule has 0 amide bonds. The Morgan fingerprint density at radius 1 is 1.35 bits per heavy atom. The summed E-state index contributed by atoms with van der Waals surface area (Å²) in [4.78, 5) is 35.2. The number of fused-ring (bicyclic) bond motifs is 2. The Balaban J connectivity index is 2.25. The first-order valence-corrected chi connectivity index (χ1v) is 6.81. The summed E-state index contributed by atoms with van der Waals surface area (Å²) in [6.45, 7) is 1.39. The zero-order valence-electron chi connectivity index (χ0n) is 12.4. The van der Waals surface area contributed by atoms with E-state index in [1.165, 1.54) is 26.2 Å². The maximum absolute atomic E-state index is 12.2. The summed E-state index contributed by atoms with van der Waals surface area (Å²) in [5.74, 6) is -2.85. The molecule has 1 aromatic rings. The van der Waals surface area contributed by atoms with Crippen LogP contribution in [-0.2, 0) is 24.7 Å². The van der Waals surface area contributed by atoms with E-state index in [4.69, 9.17) is 19.3 Å². The van der Waals surface area contributed by atoms with E-state index in [0.29, 0.717) is 0 Å². The number of carboxylic acid groups (broad SMARTS) is 1. The Kier molecular flexibility index (Phi) is 3.03. The van der Waals surface area contributed by atoms with E-state index in [2.05, 4.69) is 0 Å². The van der Waals surface area contributed by atoms with Crippen LogP contribution in [0.15, 0.2) is 12.1 Å². The molecule has 2 N–H and O–H groups in total. The first kappa shape index (κ1) is 15.1. The highest BCUT2D eigenvalue weighted by Crippen LogP contribution is 2.56. The van der Waals surface area contributed by atoms with E-state index < -0.39 is 35.5 Å². The fourth-order valence-corrected chi connectivity index (χ4v) is 3.27. The molecule has 2 heterocycles. The number of ether oxygens (including phenoxy) is 3. The van der Waals surface area contributed by atoms with Crippen LogP contribution in [0.25, 0.3) is 0 Å². The number of benzene rings is 1. The lowest BCUT2D eigenvalue weighted by Gasteiger charge is -2.36. The van der Waals surface area contributed by atoms with Crippen LogP contribution >= 0.6 is 0 Å². The average Bonchev–Trinajstić information content (AvgIpc) is 2.84. The molecule has 1 aromatic carbocycles. The molecule has 2 aliphatic heterocycles. The number of aromatic hydroxyl groups is 1. The standard InChI is InChI=1S/C15H14O8/c1-14(5-10(17)18)15(6-11(19)22-14)8-3-7(21-2)4-9(16)12(8)13(20)23-15/h3-4,16H,5-6H2,1-2H3,(H,17,18)/t14-,15?/m0/s1. The largest absolute Gasteiger partial charge is 0.507 e. The number of esters is 2. The fourth-order valence-electron chi connectivity index (χ4n) is 3.27. The number of cyclic esters (lactones) is 1. The van der Waals surface area contributed by atoms with E-state index in [-0.39, 0.29) is 29.0 Å². The number of hydrogen-bond donors (Lipinski definition) is 2. The number of carbonyl (C=O) groups is 3. The van der Waals surface area contributed by atoms with Crippen LogP contribution in [0, 0.1) is 0 Å². The van der Waals surface area contributed by atoms with Crippen molar-refractivity contribution in [3.8, 4) is 11.5 Å². The van der Waals surface area contributed by atoms with Crippen molar-refractivity contribution >= 4 is 17.9 Å². The molecule has 0 bridgehead atoms. The van der Waals surface area contributed by atoms with Crippen molar-refractivity contribution in [1.82, 2.24) is 0 Å². The van der Waals surface area contributed by atoms with Crippen LogP contribution in [-0.4, -0.2) is 40.8 Å². The molecule has 3 rings (SSSR count). The van der Waals surface area contributed by atoms with Crippen molar-refractivity contribution in [2.75, 3.05) is 7.11 Å². The molecule has 1 spiro atoms. The van der Waals surface area contributed by atoms with Crippen molar-refractivity contribution in [3.05, 3.63) is 23.3 Å². The summed E-state index contributed by atoms with van der Waals surface area (Å²) in [5, 5.41) is 19.2. The Morgan fingerprint density at radius 3 is 2.65 bits per heavy atom. The SMILES string of the molecule is COc1cc(O)c2c(c1)C1(CC(=O)O[C@@]1(C)CC(=O)O)OC2=O. The van der Waals surface area contributed by atoms with Gasteiger partial charge in [0, 0.05) is 11.6 Å². The lowest BCUT2D eigenvalue weighted by molar-refractivity contribution is -0.165. The average molecular weight is 322 g/mol. The van der Waals surface area contributed by atoms with Crippen molar-refractivity contribution < 1.29 is 38.8 Å². The summed E-state index contributed by atoms with van der Waals surface area (Å²) in [6, 6.07) is 2.69. The highest BCUT2D eigenvalue weighted by Gasteiger charge is 2.67. The number of methoxy groups -OCH3 is 1. The summed E-state index contributed by atoms with van der Waals surface area (Å²) in [5.41, 5.74) is -3.12. The van der Waals surface area contributed by atoms with Gasteiger partial charge in [-0.1, -0.05) is 0 Å². The molecule has 23 heavy (non-hydrogen) atoms. The van der Waals surface area contributed by atoms with E-state index in [1.54, 1.807) is 0 Å². The number of phenolic OH excluding ortho intramolecular Hbond substituents is 1. The van der Waals surface area contributed by atoms with Crippen molar-refractivity contribution in [2.45, 2.75) is 31.0 Å². The summed E-state index contributed by atoms with van der Waals surface area (Å²) < 4.78 is 15.6. The van der Waals surface area contributed by atoms with Gasteiger partial charge >= 0.3 is 17.9 Å². The fraction of sp³-hybridized carbons (Fsp3) is 0.400. The molecule has 2 atom stereocenters. The normalized spacial score (nSPS) is 28.4. The lowest BCUT2D eigenvalue weighted by Crippen LogP contribution is -2.48. The van der Waals surface area contributed by atoms with E-state index in [0.717, 1.165) is 0 Å². The lowest BCUT2D eigenvalue weighted by atomic mass is 9.76. The quantitative estimate of drug-likeness (QED) is 0.789. The van der Waals surface area contributed by atoms with Gasteiger partial charge in [0.05, 0.1) is 20.0 Å². The van der Waals surface area contributed by atoms with Gasteiger partial charge < -0.3 is 24.4 Å². The zero-order valence-corrected chi connectivity index (χ0v) is 12.4. The third-order valence-electron chi connectivity index (χ3n) is 4.31. The van der Waals surface area contributed by atoms with Gasteiger partial charge in [0.15, 0.2) is 11.2 Å². The van der Waals surface area contributed by atoms with Crippen LogP contribution in [0.5, 0.6) is 11.5 Å². The molecule has 0 aromatic heterocycles. The predicted molar refractivity (Wildman–Crippen MR) is 73.1 cm³/mol. The Hall–Kier alpha value is -2.77. The summed E-state index contributed by atoms with van der Waals surface area (Å²) in [7, 11) is 1.37. The molecular weight excluding hydrogens is 308 g/mol. The van der Waals surface area contributed by atoms with Gasteiger partial charge in [-0.3, -0.25) is 9.59 Å². The summed E-state index contributed by atoms with van der Waals surface area (Å²) >= 11 is 0. The first-order valence-electron chi connectivity index (χ1n) is 6.81. The van der Waals surface area contributed by atoms with Crippen molar-refractivity contribution in [1.29, 1.82) is 0 Å². The third-order valence-corrected chi connectivity index (χ3v) is 4.31. The van der Waals surface area contributed by atoms with Gasteiger partial charge in [-0.2, -0.15) is 0 Å². The Morgan fingerprint density at radius 2 is 2.04 bits per heavy atom. The minimum Gasteiger partial charge on any atom is -0.507 e. The molecule has 0 aliphatic carbocycles. The molecule has 0 saturated carbocycles. The Labute approximate surface area is 130 Å². The monoisotopic (exact) mass is 322 g/mol. The van der Waals surface area contributed by atoms with Gasteiger partial charge in [-0.15, -0.1) is 0 Å². The van der Waals surface area contributed by atoms with Crippen LogP contribution in [0.4, 0.5) is 0 Å². The van der Waals surface area contributed by atoms with Crippen LogP contribution < -0.4 is 4.74 Å². The predicted octanol–water partition coefficient (Wildman–Crippen LogP) is 0.947. The molecular formula is C15H14O8. The van der Waals surface area contributed by atoms with Gasteiger partial charge in [0.2, 0.25) is 0 Å². The maximum Gasteiger partial charge on any atom is 0.343 e. The number of phenols is 1. The number of carbonyl (C=O) groups excluding carboxylic acids is 2. The second-order valence-electron chi connectivity index (χ2n) is 5.74. The van der Waals surface area contributed by atoms with Gasteiger partial charge in [-0.05, 0) is 13.0 Å².